The van der Waals surface area contributed by atoms with Crippen LogP contribution in [0.4, 0.5) is 5.82 Å². The number of carbonyl (C=O) groups is 1. The largest absolute Gasteiger partial charge is 0.477 e. The SMILES string of the molecule is CCCN(c1ncnc2sc(C(=O)O)c(C)c12)C1CC1. The minimum Gasteiger partial charge on any atom is -0.477 e. The van der Waals surface area contributed by atoms with Crippen molar-refractivity contribution in [3.05, 3.63) is 16.8 Å². The van der Waals surface area contributed by atoms with Crippen LogP contribution in [0.5, 0.6) is 0 Å². The molecule has 0 unspecified atom stereocenters. The molecule has 0 saturated heterocycles. The summed E-state index contributed by atoms with van der Waals surface area (Å²) in [5.74, 6) is 0.0190. The molecule has 3 rings (SSSR count). The lowest BCUT2D eigenvalue weighted by Gasteiger charge is -2.23. The molecule has 106 valence electrons. The highest BCUT2D eigenvalue weighted by molar-refractivity contribution is 7.20. The molecule has 1 N–H and O–H groups in total. The second-order valence-corrected chi connectivity index (χ2v) is 6.16. The number of carboxylic acids is 1. The van der Waals surface area contributed by atoms with Crippen LogP contribution in [-0.4, -0.2) is 33.6 Å². The van der Waals surface area contributed by atoms with Crippen molar-refractivity contribution < 1.29 is 9.90 Å². The minimum absolute atomic E-state index is 0.369. The lowest BCUT2D eigenvalue weighted by atomic mass is 10.2. The molecule has 0 spiro atoms. The van der Waals surface area contributed by atoms with Gasteiger partial charge in [-0.1, -0.05) is 6.92 Å². The average Bonchev–Trinajstić information content (AvgIpc) is 3.20. The van der Waals surface area contributed by atoms with Gasteiger partial charge in [0, 0.05) is 12.6 Å². The number of hydrogen-bond acceptors (Lipinski definition) is 5. The lowest BCUT2D eigenvalue weighted by Crippen LogP contribution is -2.27. The molecule has 1 aliphatic rings. The zero-order valence-electron chi connectivity index (χ0n) is 11.6. The first-order valence-corrected chi connectivity index (χ1v) is 7.69. The zero-order valence-corrected chi connectivity index (χ0v) is 12.4. The van der Waals surface area contributed by atoms with Crippen molar-refractivity contribution in [2.45, 2.75) is 39.2 Å². The van der Waals surface area contributed by atoms with Crippen LogP contribution in [0.3, 0.4) is 0 Å². The smallest absolute Gasteiger partial charge is 0.346 e. The Morgan fingerprint density at radius 3 is 2.85 bits per heavy atom. The molecule has 2 heterocycles. The summed E-state index contributed by atoms with van der Waals surface area (Å²) in [6, 6.07) is 0.556. The summed E-state index contributed by atoms with van der Waals surface area (Å²) in [4.78, 5) is 23.4. The molecule has 2 aromatic rings. The summed E-state index contributed by atoms with van der Waals surface area (Å²) in [5.41, 5.74) is 0.787. The summed E-state index contributed by atoms with van der Waals surface area (Å²) in [6.07, 6.45) is 4.99. The fourth-order valence-corrected chi connectivity index (χ4v) is 3.55. The fraction of sp³-hybridized carbons (Fsp3) is 0.500. The summed E-state index contributed by atoms with van der Waals surface area (Å²) >= 11 is 1.24. The number of fused-ring (bicyclic) bond motifs is 1. The zero-order chi connectivity index (χ0) is 14.3. The van der Waals surface area contributed by atoms with E-state index in [1.807, 2.05) is 6.92 Å². The second-order valence-electron chi connectivity index (χ2n) is 5.16. The van der Waals surface area contributed by atoms with E-state index < -0.39 is 5.97 Å². The minimum atomic E-state index is -0.884. The third-order valence-corrected chi connectivity index (χ3v) is 4.81. The molecule has 0 bridgehead atoms. The van der Waals surface area contributed by atoms with Gasteiger partial charge in [0.2, 0.25) is 0 Å². The summed E-state index contributed by atoms with van der Waals surface area (Å²) in [6.45, 7) is 4.96. The van der Waals surface area contributed by atoms with Crippen molar-refractivity contribution in [2.24, 2.45) is 0 Å². The Morgan fingerprint density at radius 1 is 1.50 bits per heavy atom. The number of thiophene rings is 1. The molecule has 0 amide bonds. The summed E-state index contributed by atoms with van der Waals surface area (Å²) in [5, 5.41) is 10.2. The van der Waals surface area contributed by atoms with Crippen molar-refractivity contribution in [3.63, 3.8) is 0 Å². The Labute approximate surface area is 121 Å². The monoisotopic (exact) mass is 291 g/mol. The van der Waals surface area contributed by atoms with E-state index in [-0.39, 0.29) is 0 Å². The molecule has 0 atom stereocenters. The van der Waals surface area contributed by atoms with Gasteiger partial charge < -0.3 is 10.0 Å². The Bertz CT molecular complexity index is 664. The standard InChI is InChI=1S/C14H17N3O2S/c1-3-6-17(9-4-5-9)12-10-8(2)11(14(18)19)20-13(10)16-7-15-12/h7,9H,3-6H2,1-2H3,(H,18,19). The maximum absolute atomic E-state index is 11.3. The quantitative estimate of drug-likeness (QED) is 0.917. The molecule has 20 heavy (non-hydrogen) atoms. The Kier molecular flexibility index (Phi) is 3.33. The first-order valence-electron chi connectivity index (χ1n) is 6.87. The molecule has 6 heteroatoms. The van der Waals surface area contributed by atoms with Crippen LogP contribution < -0.4 is 4.90 Å². The third-order valence-electron chi connectivity index (χ3n) is 3.63. The molecule has 0 aliphatic heterocycles. The number of rotatable bonds is 5. The van der Waals surface area contributed by atoms with E-state index >= 15 is 0 Å². The topological polar surface area (TPSA) is 66.3 Å². The molecule has 1 aliphatic carbocycles. The van der Waals surface area contributed by atoms with Gasteiger partial charge in [-0.05, 0) is 31.7 Å². The highest BCUT2D eigenvalue weighted by Gasteiger charge is 2.31. The number of hydrogen-bond donors (Lipinski definition) is 1. The van der Waals surface area contributed by atoms with E-state index in [1.165, 1.54) is 24.2 Å². The van der Waals surface area contributed by atoms with Crippen LogP contribution in [0.15, 0.2) is 6.33 Å². The number of nitrogens with zero attached hydrogens (tertiary/aromatic N) is 3. The average molecular weight is 291 g/mol. The van der Waals surface area contributed by atoms with Gasteiger partial charge >= 0.3 is 5.97 Å². The molecular formula is C14H17N3O2S. The molecule has 0 radical (unpaired) electrons. The van der Waals surface area contributed by atoms with Crippen LogP contribution >= 0.6 is 11.3 Å². The Hall–Kier alpha value is -1.69. The Balaban J connectivity index is 2.17. The second kappa shape index (κ2) is 5.01. The maximum atomic E-state index is 11.3. The fourth-order valence-electron chi connectivity index (χ4n) is 2.56. The van der Waals surface area contributed by atoms with Crippen molar-refractivity contribution in [1.82, 2.24) is 9.97 Å². The van der Waals surface area contributed by atoms with Gasteiger partial charge in [-0.3, -0.25) is 0 Å². The van der Waals surface area contributed by atoms with Crippen LogP contribution in [0, 0.1) is 6.92 Å². The Morgan fingerprint density at radius 2 is 2.25 bits per heavy atom. The predicted molar refractivity (Wildman–Crippen MR) is 79.8 cm³/mol. The van der Waals surface area contributed by atoms with Gasteiger partial charge in [0.05, 0.1) is 5.39 Å². The van der Waals surface area contributed by atoms with Gasteiger partial charge in [-0.25, -0.2) is 14.8 Å². The van der Waals surface area contributed by atoms with Crippen LogP contribution in [0.2, 0.25) is 0 Å². The first kappa shape index (κ1) is 13.3. The van der Waals surface area contributed by atoms with Gasteiger partial charge in [-0.2, -0.15) is 0 Å². The van der Waals surface area contributed by atoms with Crippen LogP contribution in [0.25, 0.3) is 10.2 Å². The molecule has 1 fully saturated rings. The first-order chi connectivity index (χ1) is 9.63. The van der Waals surface area contributed by atoms with E-state index in [4.69, 9.17) is 0 Å². The molecule has 2 aromatic heterocycles. The normalized spacial score (nSPS) is 14.7. The number of carboxylic acid groups (broad SMARTS) is 1. The van der Waals surface area contributed by atoms with Crippen molar-refractivity contribution >= 4 is 33.3 Å². The van der Waals surface area contributed by atoms with E-state index in [0.717, 1.165) is 34.6 Å². The van der Waals surface area contributed by atoms with Crippen molar-refractivity contribution in [1.29, 1.82) is 0 Å². The van der Waals surface area contributed by atoms with Crippen molar-refractivity contribution in [2.75, 3.05) is 11.4 Å². The lowest BCUT2D eigenvalue weighted by molar-refractivity contribution is 0.0701. The van der Waals surface area contributed by atoms with Gasteiger partial charge in [-0.15, -0.1) is 11.3 Å². The maximum Gasteiger partial charge on any atom is 0.346 e. The van der Waals surface area contributed by atoms with Crippen LogP contribution in [0.1, 0.15) is 41.4 Å². The van der Waals surface area contributed by atoms with Gasteiger partial charge in [0.15, 0.2) is 0 Å². The van der Waals surface area contributed by atoms with Gasteiger partial charge in [0.1, 0.15) is 21.9 Å². The number of aromatic nitrogens is 2. The van der Waals surface area contributed by atoms with E-state index in [2.05, 4.69) is 21.8 Å². The molecule has 5 nitrogen and oxygen atoms in total. The van der Waals surface area contributed by atoms with E-state index in [9.17, 15) is 9.90 Å². The van der Waals surface area contributed by atoms with Crippen LogP contribution in [-0.2, 0) is 0 Å². The van der Waals surface area contributed by atoms with Crippen molar-refractivity contribution in [3.8, 4) is 0 Å². The third kappa shape index (κ3) is 2.14. The van der Waals surface area contributed by atoms with E-state index in [1.54, 1.807) is 6.33 Å². The highest BCUT2D eigenvalue weighted by Crippen LogP contribution is 2.38. The number of anilines is 1. The summed E-state index contributed by atoms with van der Waals surface area (Å²) < 4.78 is 0. The predicted octanol–water partition coefficient (Wildman–Crippen LogP) is 3.08. The molecular weight excluding hydrogens is 274 g/mol. The van der Waals surface area contributed by atoms with Gasteiger partial charge in [0.25, 0.3) is 0 Å². The summed E-state index contributed by atoms with van der Waals surface area (Å²) in [7, 11) is 0. The number of aryl methyl sites for hydroxylation is 1. The van der Waals surface area contributed by atoms with E-state index in [0.29, 0.717) is 10.9 Å². The number of aromatic carboxylic acids is 1. The molecule has 0 aromatic carbocycles. The molecule has 1 saturated carbocycles. The highest BCUT2D eigenvalue weighted by atomic mass is 32.1.